The predicted molar refractivity (Wildman–Crippen MR) is 98.2 cm³/mol. The fourth-order valence-corrected chi connectivity index (χ4v) is 2.90. The van der Waals surface area contributed by atoms with Gasteiger partial charge in [0.25, 0.3) is 5.91 Å². The van der Waals surface area contributed by atoms with E-state index in [0.717, 1.165) is 12.2 Å². The Kier molecular flexibility index (Phi) is 5.24. The molecule has 1 heterocycles. The molecule has 1 aliphatic heterocycles. The SMILES string of the molecule is CCCOc1ccc(N2C(=O)C[C@H](Nc3cccc(Cl)c3)C2=O)cc1. The van der Waals surface area contributed by atoms with Crippen molar-refractivity contribution >= 4 is 34.8 Å². The molecule has 0 unspecified atom stereocenters. The number of hydrogen-bond donors (Lipinski definition) is 1. The van der Waals surface area contributed by atoms with Gasteiger partial charge in [-0.25, -0.2) is 4.90 Å². The fourth-order valence-electron chi connectivity index (χ4n) is 2.71. The lowest BCUT2D eigenvalue weighted by atomic mass is 10.2. The molecule has 130 valence electrons. The van der Waals surface area contributed by atoms with Crippen LogP contribution in [0.5, 0.6) is 5.75 Å². The van der Waals surface area contributed by atoms with Gasteiger partial charge in [0.05, 0.1) is 18.7 Å². The van der Waals surface area contributed by atoms with Crippen LogP contribution in [-0.4, -0.2) is 24.5 Å². The number of rotatable bonds is 6. The van der Waals surface area contributed by atoms with Crippen molar-refractivity contribution in [2.45, 2.75) is 25.8 Å². The van der Waals surface area contributed by atoms with Gasteiger partial charge in [0.2, 0.25) is 5.91 Å². The number of ether oxygens (including phenoxy) is 1. The van der Waals surface area contributed by atoms with Crippen molar-refractivity contribution < 1.29 is 14.3 Å². The number of amides is 2. The van der Waals surface area contributed by atoms with Crippen molar-refractivity contribution in [3.05, 3.63) is 53.6 Å². The van der Waals surface area contributed by atoms with E-state index in [-0.39, 0.29) is 18.2 Å². The van der Waals surface area contributed by atoms with E-state index in [0.29, 0.717) is 23.0 Å². The number of hydrogen-bond acceptors (Lipinski definition) is 4. The number of nitrogens with one attached hydrogen (secondary N) is 1. The van der Waals surface area contributed by atoms with Gasteiger partial charge in [0.1, 0.15) is 11.8 Å². The zero-order valence-corrected chi connectivity index (χ0v) is 14.6. The summed E-state index contributed by atoms with van der Waals surface area (Å²) in [4.78, 5) is 26.2. The minimum absolute atomic E-state index is 0.111. The summed E-state index contributed by atoms with van der Waals surface area (Å²) in [5.41, 5.74) is 1.26. The molecule has 0 bridgehead atoms. The van der Waals surface area contributed by atoms with Gasteiger partial charge in [-0.2, -0.15) is 0 Å². The Labute approximate surface area is 151 Å². The van der Waals surface area contributed by atoms with Crippen molar-refractivity contribution in [2.24, 2.45) is 0 Å². The van der Waals surface area contributed by atoms with Crippen molar-refractivity contribution in [1.29, 1.82) is 0 Å². The van der Waals surface area contributed by atoms with Crippen molar-refractivity contribution in [1.82, 2.24) is 0 Å². The Morgan fingerprint density at radius 1 is 1.20 bits per heavy atom. The molecule has 2 amide bonds. The summed E-state index contributed by atoms with van der Waals surface area (Å²) in [5, 5.41) is 3.65. The fraction of sp³-hybridized carbons (Fsp3) is 0.263. The van der Waals surface area contributed by atoms with E-state index in [9.17, 15) is 9.59 Å². The molecular weight excluding hydrogens is 340 g/mol. The van der Waals surface area contributed by atoms with Gasteiger partial charge in [0.15, 0.2) is 0 Å². The molecule has 0 spiro atoms. The molecule has 0 aromatic heterocycles. The maximum absolute atomic E-state index is 12.6. The number of benzene rings is 2. The van der Waals surface area contributed by atoms with Crippen LogP contribution in [0.1, 0.15) is 19.8 Å². The van der Waals surface area contributed by atoms with E-state index in [1.807, 2.05) is 13.0 Å². The molecule has 0 radical (unpaired) electrons. The third-order valence-corrected chi connectivity index (χ3v) is 4.12. The Morgan fingerprint density at radius 2 is 1.96 bits per heavy atom. The van der Waals surface area contributed by atoms with Crippen LogP contribution in [0.2, 0.25) is 5.02 Å². The lowest BCUT2D eigenvalue weighted by molar-refractivity contribution is -0.121. The van der Waals surface area contributed by atoms with Crippen molar-refractivity contribution in [3.8, 4) is 5.75 Å². The molecular formula is C19H19ClN2O3. The second-order valence-corrected chi connectivity index (χ2v) is 6.26. The number of carbonyl (C=O) groups excluding carboxylic acids is 2. The average molecular weight is 359 g/mol. The number of halogens is 1. The van der Waals surface area contributed by atoms with Gasteiger partial charge >= 0.3 is 0 Å². The van der Waals surface area contributed by atoms with E-state index in [2.05, 4.69) is 5.32 Å². The van der Waals surface area contributed by atoms with E-state index >= 15 is 0 Å². The van der Waals surface area contributed by atoms with Crippen LogP contribution in [0.15, 0.2) is 48.5 Å². The minimum Gasteiger partial charge on any atom is -0.494 e. The summed E-state index contributed by atoms with van der Waals surface area (Å²) in [7, 11) is 0. The second kappa shape index (κ2) is 7.57. The largest absolute Gasteiger partial charge is 0.494 e. The zero-order valence-electron chi connectivity index (χ0n) is 13.9. The number of imide groups is 1. The molecule has 0 saturated carbocycles. The molecule has 0 aliphatic carbocycles. The first-order valence-corrected chi connectivity index (χ1v) is 8.58. The van der Waals surface area contributed by atoms with Gasteiger partial charge in [0, 0.05) is 10.7 Å². The molecule has 3 rings (SSSR count). The van der Waals surface area contributed by atoms with Crippen LogP contribution < -0.4 is 15.0 Å². The Morgan fingerprint density at radius 3 is 2.64 bits per heavy atom. The molecule has 2 aromatic carbocycles. The second-order valence-electron chi connectivity index (χ2n) is 5.82. The average Bonchev–Trinajstić information content (AvgIpc) is 2.87. The monoisotopic (exact) mass is 358 g/mol. The third kappa shape index (κ3) is 3.94. The Balaban J connectivity index is 1.72. The van der Waals surface area contributed by atoms with Gasteiger partial charge in [-0.1, -0.05) is 24.6 Å². The van der Waals surface area contributed by atoms with E-state index < -0.39 is 6.04 Å². The van der Waals surface area contributed by atoms with Gasteiger partial charge in [-0.05, 0) is 48.9 Å². The maximum atomic E-state index is 12.6. The van der Waals surface area contributed by atoms with E-state index in [1.165, 1.54) is 4.90 Å². The summed E-state index contributed by atoms with van der Waals surface area (Å²) in [6.07, 6.45) is 1.03. The van der Waals surface area contributed by atoms with Crippen LogP contribution in [0, 0.1) is 0 Å². The van der Waals surface area contributed by atoms with Crippen LogP contribution in [0.25, 0.3) is 0 Å². The lowest BCUT2D eigenvalue weighted by Crippen LogP contribution is -2.34. The highest BCUT2D eigenvalue weighted by molar-refractivity contribution is 6.30. The molecule has 1 fully saturated rings. The topological polar surface area (TPSA) is 58.6 Å². The van der Waals surface area contributed by atoms with Gasteiger partial charge in [-0.15, -0.1) is 0 Å². The van der Waals surface area contributed by atoms with Crippen molar-refractivity contribution in [2.75, 3.05) is 16.8 Å². The highest BCUT2D eigenvalue weighted by Crippen LogP contribution is 2.27. The molecule has 5 nitrogen and oxygen atoms in total. The van der Waals surface area contributed by atoms with Crippen molar-refractivity contribution in [3.63, 3.8) is 0 Å². The normalized spacial score (nSPS) is 17.0. The Bertz CT molecular complexity index is 776. The zero-order chi connectivity index (χ0) is 17.8. The molecule has 1 atom stereocenters. The third-order valence-electron chi connectivity index (χ3n) is 3.88. The van der Waals surface area contributed by atoms with Crippen LogP contribution in [-0.2, 0) is 9.59 Å². The molecule has 2 aromatic rings. The minimum atomic E-state index is -0.595. The molecule has 1 aliphatic rings. The number of nitrogens with zero attached hydrogens (tertiary/aromatic N) is 1. The molecule has 25 heavy (non-hydrogen) atoms. The quantitative estimate of drug-likeness (QED) is 0.796. The number of carbonyl (C=O) groups is 2. The van der Waals surface area contributed by atoms with Gasteiger partial charge in [-0.3, -0.25) is 9.59 Å². The Hall–Kier alpha value is -2.53. The standard InChI is InChI=1S/C19H19ClN2O3/c1-2-10-25-16-8-6-15(7-9-16)22-18(23)12-17(19(22)24)21-14-5-3-4-13(20)11-14/h3-9,11,17,21H,2,10,12H2,1H3/t17-/m0/s1. The first kappa shape index (κ1) is 17.3. The highest BCUT2D eigenvalue weighted by atomic mass is 35.5. The predicted octanol–water partition coefficient (Wildman–Crippen LogP) is 3.87. The maximum Gasteiger partial charge on any atom is 0.256 e. The number of anilines is 2. The van der Waals surface area contributed by atoms with Gasteiger partial charge < -0.3 is 10.1 Å². The van der Waals surface area contributed by atoms with E-state index in [4.69, 9.17) is 16.3 Å². The molecule has 1 saturated heterocycles. The smallest absolute Gasteiger partial charge is 0.256 e. The summed E-state index contributed by atoms with van der Waals surface area (Å²) in [6, 6.07) is 13.5. The summed E-state index contributed by atoms with van der Waals surface area (Å²) < 4.78 is 5.52. The van der Waals surface area contributed by atoms with E-state index in [1.54, 1.807) is 42.5 Å². The molecule has 1 N–H and O–H groups in total. The molecule has 6 heteroatoms. The lowest BCUT2D eigenvalue weighted by Gasteiger charge is -2.16. The summed E-state index contributed by atoms with van der Waals surface area (Å²) in [5.74, 6) is 0.220. The first-order valence-electron chi connectivity index (χ1n) is 8.20. The van der Waals surface area contributed by atoms with Crippen LogP contribution in [0.4, 0.5) is 11.4 Å². The summed E-state index contributed by atoms with van der Waals surface area (Å²) >= 11 is 5.96. The van der Waals surface area contributed by atoms with Crippen LogP contribution >= 0.6 is 11.6 Å². The van der Waals surface area contributed by atoms with Crippen LogP contribution in [0.3, 0.4) is 0 Å². The highest BCUT2D eigenvalue weighted by Gasteiger charge is 2.39. The first-order chi connectivity index (χ1) is 12.1. The summed E-state index contributed by atoms with van der Waals surface area (Å²) in [6.45, 7) is 2.66.